The highest BCUT2D eigenvalue weighted by molar-refractivity contribution is 6.43. The normalized spacial score (nSPS) is 14.0. The fraction of sp³-hybridized carbons (Fsp3) is 0.263. The third-order valence-electron chi connectivity index (χ3n) is 4.08. The van der Waals surface area contributed by atoms with Crippen molar-refractivity contribution < 1.29 is 14.3 Å². The van der Waals surface area contributed by atoms with Gasteiger partial charge in [-0.15, -0.1) is 0 Å². The first-order valence-electron chi connectivity index (χ1n) is 8.28. The van der Waals surface area contributed by atoms with Crippen molar-refractivity contribution in [3.05, 3.63) is 53.7 Å². The topological polar surface area (TPSA) is 83.9 Å². The van der Waals surface area contributed by atoms with E-state index in [0.717, 1.165) is 23.3 Å². The fourth-order valence-corrected chi connectivity index (χ4v) is 2.64. The molecule has 0 saturated carbocycles. The van der Waals surface area contributed by atoms with E-state index in [1.807, 2.05) is 30.3 Å². The summed E-state index contributed by atoms with van der Waals surface area (Å²) < 4.78 is 5.23. The molecule has 26 heavy (non-hydrogen) atoms. The minimum atomic E-state index is -0.336. The summed E-state index contributed by atoms with van der Waals surface area (Å²) in [4.78, 5) is 27.9. The lowest BCUT2D eigenvalue weighted by Gasteiger charge is -2.18. The van der Waals surface area contributed by atoms with Crippen LogP contribution >= 0.6 is 0 Å². The molecule has 1 aromatic heterocycles. The van der Waals surface area contributed by atoms with Crippen LogP contribution in [0.4, 0.5) is 5.82 Å². The standard InChI is InChI=1S/C19H20N4O3/c1-23-18(24)9-7-16(22-23)19(25)21-17-8-6-14(12-20-17)10-13-4-3-5-15(11-13)26-2/h3-6,8,11-12H,7,9-10H2,1-2H3,(H,20,21,25). The van der Waals surface area contributed by atoms with Crippen LogP contribution in [-0.4, -0.2) is 41.7 Å². The molecular weight excluding hydrogens is 332 g/mol. The van der Waals surface area contributed by atoms with Gasteiger partial charge in [0.15, 0.2) is 0 Å². The first-order valence-corrected chi connectivity index (χ1v) is 8.28. The molecule has 0 fully saturated rings. The van der Waals surface area contributed by atoms with Gasteiger partial charge in [0.1, 0.15) is 17.3 Å². The molecule has 0 saturated heterocycles. The van der Waals surface area contributed by atoms with Crippen molar-refractivity contribution in [3.63, 3.8) is 0 Å². The molecule has 1 aromatic carbocycles. The number of methoxy groups -OCH3 is 1. The Labute approximate surface area is 151 Å². The summed E-state index contributed by atoms with van der Waals surface area (Å²) in [5.74, 6) is 0.835. The van der Waals surface area contributed by atoms with E-state index in [1.54, 1.807) is 26.4 Å². The van der Waals surface area contributed by atoms with Gasteiger partial charge in [0.25, 0.3) is 5.91 Å². The highest BCUT2D eigenvalue weighted by Gasteiger charge is 2.22. The summed E-state index contributed by atoms with van der Waals surface area (Å²) in [6.45, 7) is 0. The molecule has 0 spiro atoms. The first kappa shape index (κ1) is 17.6. The van der Waals surface area contributed by atoms with E-state index in [4.69, 9.17) is 4.74 Å². The zero-order valence-corrected chi connectivity index (χ0v) is 14.7. The molecule has 3 rings (SSSR count). The number of rotatable bonds is 5. The maximum absolute atomic E-state index is 12.2. The second-order valence-corrected chi connectivity index (χ2v) is 6.00. The SMILES string of the molecule is COc1cccc(Cc2ccc(NC(=O)C3=NN(C)C(=O)CC3)nc2)c1. The lowest BCUT2D eigenvalue weighted by atomic mass is 10.1. The molecule has 0 radical (unpaired) electrons. The van der Waals surface area contributed by atoms with E-state index in [1.165, 1.54) is 5.01 Å². The highest BCUT2D eigenvalue weighted by Crippen LogP contribution is 2.17. The Kier molecular flexibility index (Phi) is 5.26. The van der Waals surface area contributed by atoms with Crippen LogP contribution in [0.1, 0.15) is 24.0 Å². The number of aromatic nitrogens is 1. The molecule has 1 aliphatic heterocycles. The minimum absolute atomic E-state index is 0.0958. The Morgan fingerprint density at radius 1 is 1.23 bits per heavy atom. The third-order valence-corrected chi connectivity index (χ3v) is 4.08. The molecule has 0 bridgehead atoms. The monoisotopic (exact) mass is 352 g/mol. The number of pyridine rings is 1. The van der Waals surface area contributed by atoms with Crippen LogP contribution in [-0.2, 0) is 16.0 Å². The number of carbonyl (C=O) groups is 2. The van der Waals surface area contributed by atoms with Crippen LogP contribution < -0.4 is 10.1 Å². The van der Waals surface area contributed by atoms with Gasteiger partial charge >= 0.3 is 0 Å². The van der Waals surface area contributed by atoms with E-state index >= 15 is 0 Å². The summed E-state index contributed by atoms with van der Waals surface area (Å²) in [5.41, 5.74) is 2.47. The summed E-state index contributed by atoms with van der Waals surface area (Å²) in [7, 11) is 3.18. The van der Waals surface area contributed by atoms with Crippen molar-refractivity contribution in [2.45, 2.75) is 19.3 Å². The minimum Gasteiger partial charge on any atom is -0.497 e. The molecule has 2 amide bonds. The number of hydrogen-bond donors (Lipinski definition) is 1. The van der Waals surface area contributed by atoms with Crippen molar-refractivity contribution >= 4 is 23.3 Å². The van der Waals surface area contributed by atoms with Crippen LogP contribution in [0, 0.1) is 0 Å². The van der Waals surface area contributed by atoms with Crippen molar-refractivity contribution in [2.24, 2.45) is 5.10 Å². The molecule has 134 valence electrons. The Balaban J connectivity index is 1.63. The zero-order valence-electron chi connectivity index (χ0n) is 14.7. The van der Waals surface area contributed by atoms with Crippen molar-refractivity contribution in [1.82, 2.24) is 9.99 Å². The average molecular weight is 352 g/mol. The highest BCUT2D eigenvalue weighted by atomic mass is 16.5. The maximum atomic E-state index is 12.2. The number of carbonyl (C=O) groups excluding carboxylic acids is 2. The number of hydrogen-bond acceptors (Lipinski definition) is 5. The predicted octanol–water partition coefficient (Wildman–Crippen LogP) is 2.23. The van der Waals surface area contributed by atoms with E-state index in [-0.39, 0.29) is 18.2 Å². The second kappa shape index (κ2) is 7.77. The molecule has 1 aliphatic rings. The van der Waals surface area contributed by atoms with Crippen LogP contribution in [0.3, 0.4) is 0 Å². The summed E-state index contributed by atoms with van der Waals surface area (Å²) in [6, 6.07) is 11.5. The Morgan fingerprint density at radius 2 is 2.08 bits per heavy atom. The third kappa shape index (κ3) is 4.24. The molecule has 0 unspecified atom stereocenters. The van der Waals surface area contributed by atoms with Crippen molar-refractivity contribution in [2.75, 3.05) is 19.5 Å². The molecule has 1 N–H and O–H groups in total. The Bertz CT molecular complexity index is 846. The number of amides is 2. The van der Waals surface area contributed by atoms with Gasteiger partial charge in [-0.05, 0) is 35.7 Å². The predicted molar refractivity (Wildman–Crippen MR) is 98.1 cm³/mol. The number of benzene rings is 1. The lowest BCUT2D eigenvalue weighted by molar-refractivity contribution is -0.130. The zero-order chi connectivity index (χ0) is 18.5. The number of nitrogens with zero attached hydrogens (tertiary/aromatic N) is 3. The van der Waals surface area contributed by atoms with Crippen molar-refractivity contribution in [1.29, 1.82) is 0 Å². The number of nitrogens with one attached hydrogen (secondary N) is 1. The van der Waals surface area contributed by atoms with E-state index < -0.39 is 0 Å². The molecule has 2 aromatic rings. The largest absolute Gasteiger partial charge is 0.497 e. The van der Waals surface area contributed by atoms with E-state index in [9.17, 15) is 9.59 Å². The maximum Gasteiger partial charge on any atom is 0.273 e. The van der Waals surface area contributed by atoms with Gasteiger partial charge in [0.05, 0.1) is 7.11 Å². The van der Waals surface area contributed by atoms with Gasteiger partial charge in [-0.3, -0.25) is 9.59 Å². The van der Waals surface area contributed by atoms with Gasteiger partial charge < -0.3 is 10.1 Å². The van der Waals surface area contributed by atoms with Gasteiger partial charge in [-0.1, -0.05) is 18.2 Å². The van der Waals surface area contributed by atoms with Gasteiger partial charge in [0.2, 0.25) is 5.91 Å². The first-order chi connectivity index (χ1) is 12.5. The van der Waals surface area contributed by atoms with Crippen LogP contribution in [0.25, 0.3) is 0 Å². The molecule has 7 heteroatoms. The van der Waals surface area contributed by atoms with Gasteiger partial charge in [0, 0.05) is 26.1 Å². The summed E-state index contributed by atoms with van der Waals surface area (Å²) in [6.07, 6.45) is 3.07. The van der Waals surface area contributed by atoms with E-state index in [0.29, 0.717) is 18.0 Å². The number of ether oxygens (including phenoxy) is 1. The fourth-order valence-electron chi connectivity index (χ4n) is 2.64. The molecule has 0 aliphatic carbocycles. The van der Waals surface area contributed by atoms with E-state index in [2.05, 4.69) is 15.4 Å². The Hall–Kier alpha value is -3.22. The second-order valence-electron chi connectivity index (χ2n) is 6.00. The number of anilines is 1. The average Bonchev–Trinajstić information content (AvgIpc) is 2.65. The van der Waals surface area contributed by atoms with Gasteiger partial charge in [-0.25, -0.2) is 9.99 Å². The van der Waals surface area contributed by atoms with Crippen molar-refractivity contribution in [3.8, 4) is 5.75 Å². The smallest absolute Gasteiger partial charge is 0.273 e. The molecular formula is C19H20N4O3. The Morgan fingerprint density at radius 3 is 2.77 bits per heavy atom. The van der Waals surface area contributed by atoms with Crippen LogP contribution in [0.2, 0.25) is 0 Å². The molecule has 7 nitrogen and oxygen atoms in total. The number of hydrazone groups is 1. The molecule has 0 atom stereocenters. The van der Waals surface area contributed by atoms with Gasteiger partial charge in [-0.2, -0.15) is 5.10 Å². The summed E-state index contributed by atoms with van der Waals surface area (Å²) >= 11 is 0. The summed E-state index contributed by atoms with van der Waals surface area (Å²) in [5, 5.41) is 7.91. The molecule has 2 heterocycles. The quantitative estimate of drug-likeness (QED) is 0.894. The van der Waals surface area contributed by atoms with Crippen LogP contribution in [0.15, 0.2) is 47.7 Å². The van der Waals surface area contributed by atoms with Crippen LogP contribution in [0.5, 0.6) is 5.75 Å². The lowest BCUT2D eigenvalue weighted by Crippen LogP contribution is -2.34.